The second-order valence-corrected chi connectivity index (χ2v) is 8.37. The Kier molecular flexibility index (Phi) is 13.4. The number of nitrogens with zero attached hydrogens (tertiary/aromatic N) is 4. The third-order valence-corrected chi connectivity index (χ3v) is 5.50. The van der Waals surface area contributed by atoms with Gasteiger partial charge in [-0.15, -0.1) is 24.8 Å². The van der Waals surface area contributed by atoms with Gasteiger partial charge >= 0.3 is 11.9 Å². The number of amides is 2. The quantitative estimate of drug-likeness (QED) is 0.0925. The van der Waals surface area contributed by atoms with E-state index < -0.39 is 5.91 Å². The van der Waals surface area contributed by atoms with Crippen LogP contribution in [-0.4, -0.2) is 64.5 Å². The number of carbonyl (C=O) groups excluding carboxylic acids is 2. The first-order valence-electron chi connectivity index (χ1n) is 11.3. The number of aliphatic imine (C=N–C) groups is 1. The molecule has 0 bridgehead atoms. The number of hydrogen-bond donors (Lipinski definition) is 6. The fraction of sp³-hybridized carbons (Fsp3) is 0.364. The zero-order valence-electron chi connectivity index (χ0n) is 20.5. The van der Waals surface area contributed by atoms with E-state index in [1.807, 2.05) is 24.3 Å². The molecule has 3 rings (SSSR count). The fourth-order valence-corrected chi connectivity index (χ4v) is 3.51. The highest BCUT2D eigenvalue weighted by Crippen LogP contribution is 2.17. The van der Waals surface area contributed by atoms with E-state index in [4.69, 9.17) is 39.3 Å². The summed E-state index contributed by atoms with van der Waals surface area (Å²) in [5.41, 5.74) is 23.6. The monoisotopic (exact) mass is 589 g/mol. The van der Waals surface area contributed by atoms with Crippen LogP contribution in [0, 0.1) is 0 Å². The van der Waals surface area contributed by atoms with Crippen LogP contribution in [0.2, 0.25) is 5.15 Å². The van der Waals surface area contributed by atoms with Crippen LogP contribution in [0.3, 0.4) is 0 Å². The summed E-state index contributed by atoms with van der Waals surface area (Å²) in [7, 11) is 0. The molecule has 10 N–H and O–H groups in total. The normalized spacial score (nSPS) is 12.9. The maximum absolute atomic E-state index is 12.2. The molecule has 2 amide bonds. The van der Waals surface area contributed by atoms with Gasteiger partial charge in [-0.25, -0.2) is 15.3 Å². The van der Waals surface area contributed by atoms with Crippen LogP contribution in [0.1, 0.15) is 35.3 Å². The van der Waals surface area contributed by atoms with Crippen LogP contribution in [-0.2, 0) is 11.2 Å². The number of halogens is 3. The van der Waals surface area contributed by atoms with Gasteiger partial charge in [-0.1, -0.05) is 23.7 Å². The minimum Gasteiger partial charge on any atom is -0.493 e. The SMILES string of the molecule is Cl.Cl.NC(=NCCCCc1ccc(OCCC[N+]2=C(N)NC(=O)C2)cc1)NC(=O)c1nc(Cl)c(N)nc1N. The highest BCUT2D eigenvalue weighted by atomic mass is 35.5. The lowest BCUT2D eigenvalue weighted by molar-refractivity contribution is -0.513. The Morgan fingerprint density at radius 1 is 1.11 bits per heavy atom. The first-order valence-corrected chi connectivity index (χ1v) is 11.7. The van der Waals surface area contributed by atoms with Gasteiger partial charge in [0.1, 0.15) is 5.75 Å². The van der Waals surface area contributed by atoms with E-state index in [1.165, 1.54) is 5.56 Å². The summed E-state index contributed by atoms with van der Waals surface area (Å²) in [5, 5.41) is 4.86. The number of nitrogens with two attached hydrogens (primary N) is 4. The first kappa shape index (κ1) is 32.5. The van der Waals surface area contributed by atoms with Crippen LogP contribution in [0.15, 0.2) is 29.3 Å². The molecule has 2 aromatic rings. The molecule has 208 valence electrons. The van der Waals surface area contributed by atoms with Crippen molar-refractivity contribution in [2.45, 2.75) is 25.7 Å². The number of hydrogen-bond acceptors (Lipinski definition) is 9. The summed E-state index contributed by atoms with van der Waals surface area (Å²) in [6, 6.07) is 7.90. The Hall–Kier alpha value is -3.55. The van der Waals surface area contributed by atoms with Gasteiger partial charge in [0.05, 0.1) is 13.2 Å². The Labute approximate surface area is 237 Å². The van der Waals surface area contributed by atoms with Gasteiger partial charge < -0.3 is 21.9 Å². The van der Waals surface area contributed by atoms with Crippen LogP contribution >= 0.6 is 36.4 Å². The summed E-state index contributed by atoms with van der Waals surface area (Å²) in [4.78, 5) is 35.2. The van der Waals surface area contributed by atoms with E-state index in [0.717, 1.165) is 31.4 Å². The number of unbranched alkanes of at least 4 members (excludes halogenated alkanes) is 1. The number of benzene rings is 1. The van der Waals surface area contributed by atoms with Crippen LogP contribution < -0.4 is 38.3 Å². The van der Waals surface area contributed by atoms with Gasteiger partial charge in [0.15, 0.2) is 35.0 Å². The van der Waals surface area contributed by atoms with Crippen molar-refractivity contribution < 1.29 is 18.9 Å². The second kappa shape index (κ2) is 15.6. The van der Waals surface area contributed by atoms with Crippen LogP contribution in [0.25, 0.3) is 0 Å². The standard InChI is InChI=1S/C22H29ClN10O3.2ClH/c23-17-19(25)31-18(24)16(30-17)20(35)32-21(26)28-9-2-1-4-13-5-7-14(8-6-13)36-11-3-10-33-12-15(34)29-22(33)27;;/h5-8H,1-4,9-12H2,(H9,24,25,26,27,28,29,31,32,34,35);2*1H/p+1. The smallest absolute Gasteiger partial charge is 0.351 e. The number of ether oxygens (including phenoxy) is 1. The van der Waals surface area contributed by atoms with Crippen molar-refractivity contribution in [3.05, 3.63) is 40.7 Å². The summed E-state index contributed by atoms with van der Waals surface area (Å²) in [6.07, 6.45) is 3.27. The number of anilines is 2. The highest BCUT2D eigenvalue weighted by Gasteiger charge is 2.23. The lowest BCUT2D eigenvalue weighted by atomic mass is 10.1. The third kappa shape index (κ3) is 9.72. The van der Waals surface area contributed by atoms with Crippen LogP contribution in [0.4, 0.5) is 11.6 Å². The molecular formula is C22H32Cl3N10O3+. The molecule has 1 aliphatic heterocycles. The Morgan fingerprint density at radius 2 is 1.82 bits per heavy atom. The molecule has 0 spiro atoms. The second-order valence-electron chi connectivity index (χ2n) is 8.01. The maximum atomic E-state index is 12.2. The Bertz CT molecular complexity index is 1180. The fourth-order valence-electron chi connectivity index (χ4n) is 3.38. The van der Waals surface area contributed by atoms with E-state index in [1.54, 1.807) is 4.58 Å². The zero-order chi connectivity index (χ0) is 26.1. The number of guanidine groups is 2. The number of nitrogens with one attached hydrogen (secondary N) is 2. The molecule has 0 aliphatic carbocycles. The summed E-state index contributed by atoms with van der Waals surface area (Å²) in [5.74, 6) is 0.148. The number of carbonyl (C=O) groups is 2. The van der Waals surface area contributed by atoms with Crippen molar-refractivity contribution in [3.8, 4) is 5.75 Å². The number of aryl methyl sites for hydroxylation is 1. The van der Waals surface area contributed by atoms with Crippen molar-refractivity contribution in [3.63, 3.8) is 0 Å². The summed E-state index contributed by atoms with van der Waals surface area (Å²) in [6.45, 7) is 1.91. The molecule has 38 heavy (non-hydrogen) atoms. The molecule has 13 nitrogen and oxygen atoms in total. The van der Waals surface area contributed by atoms with Crippen LogP contribution in [0.5, 0.6) is 5.75 Å². The number of aromatic nitrogens is 2. The van der Waals surface area contributed by atoms with Crippen molar-refractivity contribution in [2.75, 3.05) is 37.7 Å². The molecule has 0 unspecified atom stereocenters. The average Bonchev–Trinajstić information content (AvgIpc) is 3.16. The molecular weight excluding hydrogens is 559 g/mol. The molecule has 0 fully saturated rings. The van der Waals surface area contributed by atoms with E-state index in [-0.39, 0.29) is 65.7 Å². The number of rotatable bonds is 11. The molecule has 1 aromatic carbocycles. The van der Waals surface area contributed by atoms with Gasteiger partial charge in [0.25, 0.3) is 5.91 Å². The molecule has 2 heterocycles. The minimum absolute atomic E-state index is 0. The zero-order valence-corrected chi connectivity index (χ0v) is 22.9. The Balaban J connectivity index is 0.00000361. The predicted octanol–water partition coefficient (Wildman–Crippen LogP) is 0.431. The predicted molar refractivity (Wildman–Crippen MR) is 151 cm³/mol. The van der Waals surface area contributed by atoms with E-state index in [0.29, 0.717) is 25.7 Å². The molecule has 1 aliphatic rings. The van der Waals surface area contributed by atoms with Crippen molar-refractivity contribution >= 4 is 71.8 Å². The molecule has 0 radical (unpaired) electrons. The van der Waals surface area contributed by atoms with Gasteiger partial charge in [-0.2, -0.15) is 0 Å². The van der Waals surface area contributed by atoms with E-state index in [9.17, 15) is 9.59 Å². The van der Waals surface area contributed by atoms with Crippen molar-refractivity contribution in [2.24, 2.45) is 16.5 Å². The highest BCUT2D eigenvalue weighted by molar-refractivity contribution is 6.31. The molecule has 0 saturated carbocycles. The molecule has 0 atom stereocenters. The van der Waals surface area contributed by atoms with Crippen molar-refractivity contribution in [1.29, 1.82) is 0 Å². The lowest BCUT2D eigenvalue weighted by Crippen LogP contribution is -2.38. The van der Waals surface area contributed by atoms with Gasteiger partial charge in [0.2, 0.25) is 0 Å². The minimum atomic E-state index is -0.670. The lowest BCUT2D eigenvalue weighted by Gasteiger charge is -2.08. The van der Waals surface area contributed by atoms with Crippen molar-refractivity contribution in [1.82, 2.24) is 20.6 Å². The summed E-state index contributed by atoms with van der Waals surface area (Å²) >= 11 is 5.78. The topological polar surface area (TPSA) is 213 Å². The number of nitrogen functional groups attached to an aromatic ring is 2. The first-order chi connectivity index (χ1) is 17.2. The van der Waals surface area contributed by atoms with Gasteiger partial charge in [0, 0.05) is 13.0 Å². The molecule has 1 aromatic heterocycles. The Morgan fingerprint density at radius 3 is 2.47 bits per heavy atom. The van der Waals surface area contributed by atoms with E-state index in [2.05, 4.69) is 25.6 Å². The maximum Gasteiger partial charge on any atom is 0.351 e. The average molecular weight is 591 g/mol. The van der Waals surface area contributed by atoms with Gasteiger partial charge in [-0.05, 0) is 37.0 Å². The molecule has 0 saturated heterocycles. The largest absolute Gasteiger partial charge is 0.493 e. The molecule has 16 heteroatoms. The third-order valence-electron chi connectivity index (χ3n) is 5.22. The summed E-state index contributed by atoms with van der Waals surface area (Å²) < 4.78 is 7.55. The van der Waals surface area contributed by atoms with E-state index >= 15 is 0 Å². The van der Waals surface area contributed by atoms with Gasteiger partial charge in [-0.3, -0.25) is 30.2 Å².